The fourth-order valence-corrected chi connectivity index (χ4v) is 4.55. The van der Waals surface area contributed by atoms with E-state index in [9.17, 15) is 0 Å². The minimum Gasteiger partial charge on any atom is -0.493 e. The van der Waals surface area contributed by atoms with Crippen LogP contribution in [0.15, 0.2) is 66.7 Å². The molecular formula is C31H38ClN3O2. The maximum Gasteiger partial charge on any atom is 0.141 e. The van der Waals surface area contributed by atoms with E-state index in [1.54, 1.807) is 0 Å². The second-order valence-electron chi connectivity index (χ2n) is 9.22. The van der Waals surface area contributed by atoms with Gasteiger partial charge in [0, 0.05) is 36.2 Å². The zero-order valence-corrected chi connectivity index (χ0v) is 23.0. The van der Waals surface area contributed by atoms with Crippen molar-refractivity contribution in [3.63, 3.8) is 0 Å². The van der Waals surface area contributed by atoms with Crippen LogP contribution in [0.25, 0.3) is 22.4 Å². The van der Waals surface area contributed by atoms with Gasteiger partial charge in [-0.3, -0.25) is 0 Å². The molecule has 0 fully saturated rings. The van der Waals surface area contributed by atoms with Crippen molar-refractivity contribution in [2.24, 2.45) is 0 Å². The summed E-state index contributed by atoms with van der Waals surface area (Å²) in [5, 5.41) is 0.754. The highest BCUT2D eigenvalue weighted by Crippen LogP contribution is 2.29. The molecule has 196 valence electrons. The Hall–Kier alpha value is -3.02. The molecule has 0 N–H and O–H groups in total. The van der Waals surface area contributed by atoms with Gasteiger partial charge in [-0.2, -0.15) is 0 Å². The topological polar surface area (TPSA) is 39.5 Å². The van der Waals surface area contributed by atoms with Crippen molar-refractivity contribution in [1.29, 1.82) is 0 Å². The molecule has 0 atom stereocenters. The number of unbranched alkanes of at least 4 members (excludes halogenated alkanes) is 1. The monoisotopic (exact) mass is 519 g/mol. The molecule has 4 rings (SSSR count). The van der Waals surface area contributed by atoms with Crippen molar-refractivity contribution >= 4 is 22.6 Å². The number of aryl methyl sites for hydroxylation is 1. The number of imidazole rings is 1. The summed E-state index contributed by atoms with van der Waals surface area (Å²) >= 11 is 5.97. The highest BCUT2D eigenvalue weighted by Gasteiger charge is 2.14. The zero-order chi connectivity index (χ0) is 26.0. The minimum atomic E-state index is 0.618. The maximum atomic E-state index is 6.11. The molecular weight excluding hydrogens is 482 g/mol. The van der Waals surface area contributed by atoms with Gasteiger partial charge in [-0.25, -0.2) is 4.98 Å². The summed E-state index contributed by atoms with van der Waals surface area (Å²) in [6.45, 7) is 11.8. The lowest BCUT2D eigenvalue weighted by atomic mass is 10.1. The van der Waals surface area contributed by atoms with Crippen LogP contribution < -0.4 is 9.47 Å². The standard InChI is InChI=1S/C31H38ClN3O2/c1-4-7-19-35-30-23-28(37-22-20-34(5-2)6-3)16-17-29(30)33-31(35)25-10-14-27(15-11-25)36-21-18-24-8-12-26(32)13-9-24/h8-17,23H,4-7,18-22H2,1-3H3. The molecule has 6 heteroatoms. The summed E-state index contributed by atoms with van der Waals surface area (Å²) in [6.07, 6.45) is 3.06. The van der Waals surface area contributed by atoms with Crippen LogP contribution in [0.1, 0.15) is 39.2 Å². The van der Waals surface area contributed by atoms with E-state index in [1.165, 1.54) is 5.56 Å². The smallest absolute Gasteiger partial charge is 0.141 e. The largest absolute Gasteiger partial charge is 0.493 e. The second-order valence-corrected chi connectivity index (χ2v) is 9.65. The molecule has 37 heavy (non-hydrogen) atoms. The van der Waals surface area contributed by atoms with E-state index in [4.69, 9.17) is 26.1 Å². The summed E-state index contributed by atoms with van der Waals surface area (Å²) in [5.74, 6) is 2.74. The van der Waals surface area contributed by atoms with Crippen LogP contribution in [0, 0.1) is 0 Å². The molecule has 1 heterocycles. The van der Waals surface area contributed by atoms with E-state index in [2.05, 4.69) is 54.5 Å². The Kier molecular flexibility index (Phi) is 9.86. The number of ether oxygens (including phenoxy) is 2. The fraction of sp³-hybridized carbons (Fsp3) is 0.387. The van der Waals surface area contributed by atoms with E-state index in [1.807, 2.05) is 42.5 Å². The summed E-state index contributed by atoms with van der Waals surface area (Å²) < 4.78 is 14.4. The van der Waals surface area contributed by atoms with Gasteiger partial charge in [-0.1, -0.05) is 50.9 Å². The molecule has 0 unspecified atom stereocenters. The number of aromatic nitrogens is 2. The molecule has 4 aromatic rings. The normalized spacial score (nSPS) is 11.4. The number of rotatable bonds is 14. The summed E-state index contributed by atoms with van der Waals surface area (Å²) in [7, 11) is 0. The number of hydrogen-bond acceptors (Lipinski definition) is 4. The quantitative estimate of drug-likeness (QED) is 0.173. The number of halogens is 1. The average Bonchev–Trinajstić information content (AvgIpc) is 3.29. The van der Waals surface area contributed by atoms with E-state index >= 15 is 0 Å². The van der Waals surface area contributed by atoms with Gasteiger partial charge in [0.2, 0.25) is 0 Å². The molecule has 1 aromatic heterocycles. The lowest BCUT2D eigenvalue weighted by Crippen LogP contribution is -2.27. The number of benzene rings is 3. The van der Waals surface area contributed by atoms with Crippen molar-refractivity contribution in [2.45, 2.75) is 46.6 Å². The van der Waals surface area contributed by atoms with Gasteiger partial charge in [-0.15, -0.1) is 0 Å². The SMILES string of the molecule is CCCCn1c(-c2ccc(OCCc3ccc(Cl)cc3)cc2)nc2ccc(OCCN(CC)CC)cc21. The Morgan fingerprint density at radius 2 is 1.54 bits per heavy atom. The Bertz CT molecular complexity index is 1250. The Morgan fingerprint density at radius 1 is 0.838 bits per heavy atom. The number of hydrogen-bond donors (Lipinski definition) is 0. The van der Waals surface area contributed by atoms with Gasteiger partial charge in [0.1, 0.15) is 23.9 Å². The Labute approximate surface area is 226 Å². The number of nitrogens with zero attached hydrogens (tertiary/aromatic N) is 3. The molecule has 0 aliphatic rings. The van der Waals surface area contributed by atoms with Gasteiger partial charge in [0.25, 0.3) is 0 Å². The third-order valence-electron chi connectivity index (χ3n) is 6.71. The fourth-order valence-electron chi connectivity index (χ4n) is 4.43. The molecule has 0 amide bonds. The molecule has 0 aliphatic carbocycles. The van der Waals surface area contributed by atoms with Crippen molar-refractivity contribution in [2.75, 3.05) is 32.8 Å². The number of fused-ring (bicyclic) bond motifs is 1. The van der Waals surface area contributed by atoms with E-state index in [0.29, 0.717) is 13.2 Å². The first-order chi connectivity index (χ1) is 18.1. The minimum absolute atomic E-state index is 0.618. The van der Waals surface area contributed by atoms with Crippen molar-refractivity contribution in [3.05, 3.63) is 77.3 Å². The maximum absolute atomic E-state index is 6.11. The molecule has 3 aromatic carbocycles. The van der Waals surface area contributed by atoms with Crippen LogP contribution in [-0.2, 0) is 13.0 Å². The first kappa shape index (κ1) is 27.0. The molecule has 0 bridgehead atoms. The van der Waals surface area contributed by atoms with Gasteiger partial charge in [0.05, 0.1) is 17.6 Å². The lowest BCUT2D eigenvalue weighted by molar-refractivity contribution is 0.223. The predicted octanol–water partition coefficient (Wildman–Crippen LogP) is 7.50. The first-order valence-electron chi connectivity index (χ1n) is 13.4. The van der Waals surface area contributed by atoms with E-state index in [-0.39, 0.29) is 0 Å². The highest BCUT2D eigenvalue weighted by atomic mass is 35.5. The van der Waals surface area contributed by atoms with E-state index < -0.39 is 0 Å². The van der Waals surface area contributed by atoms with Crippen LogP contribution in [0.4, 0.5) is 0 Å². The Morgan fingerprint density at radius 3 is 2.24 bits per heavy atom. The number of likely N-dealkylation sites (N-methyl/N-ethyl adjacent to an activating group) is 1. The van der Waals surface area contributed by atoms with Crippen LogP contribution in [0.5, 0.6) is 11.5 Å². The van der Waals surface area contributed by atoms with Crippen LogP contribution in [0.3, 0.4) is 0 Å². The zero-order valence-electron chi connectivity index (χ0n) is 22.3. The van der Waals surface area contributed by atoms with Crippen LogP contribution >= 0.6 is 11.6 Å². The predicted molar refractivity (Wildman–Crippen MR) is 154 cm³/mol. The van der Waals surface area contributed by atoms with Gasteiger partial charge < -0.3 is 18.9 Å². The van der Waals surface area contributed by atoms with Crippen molar-refractivity contribution in [1.82, 2.24) is 14.5 Å². The molecule has 0 saturated heterocycles. The molecule has 0 aliphatic heterocycles. The second kappa shape index (κ2) is 13.5. The van der Waals surface area contributed by atoms with Gasteiger partial charge in [-0.05, 0) is 73.6 Å². The third-order valence-corrected chi connectivity index (χ3v) is 6.96. The summed E-state index contributed by atoms with van der Waals surface area (Å²) in [6, 6.07) is 22.4. The van der Waals surface area contributed by atoms with Crippen LogP contribution in [-0.4, -0.2) is 47.3 Å². The first-order valence-corrected chi connectivity index (χ1v) is 13.8. The highest BCUT2D eigenvalue weighted by molar-refractivity contribution is 6.30. The van der Waals surface area contributed by atoms with E-state index in [0.717, 1.165) is 84.4 Å². The van der Waals surface area contributed by atoms with Crippen LogP contribution in [0.2, 0.25) is 5.02 Å². The molecule has 0 saturated carbocycles. The molecule has 0 spiro atoms. The summed E-state index contributed by atoms with van der Waals surface area (Å²) in [4.78, 5) is 7.37. The van der Waals surface area contributed by atoms with Gasteiger partial charge >= 0.3 is 0 Å². The van der Waals surface area contributed by atoms with Gasteiger partial charge in [0.15, 0.2) is 0 Å². The third kappa shape index (κ3) is 7.27. The summed E-state index contributed by atoms with van der Waals surface area (Å²) in [5.41, 5.74) is 4.40. The molecule has 0 radical (unpaired) electrons. The average molecular weight is 520 g/mol. The van der Waals surface area contributed by atoms with Crippen molar-refractivity contribution in [3.8, 4) is 22.9 Å². The van der Waals surface area contributed by atoms with Crippen molar-refractivity contribution < 1.29 is 9.47 Å². The Balaban J connectivity index is 1.47. The molecule has 5 nitrogen and oxygen atoms in total. The lowest BCUT2D eigenvalue weighted by Gasteiger charge is -2.18.